The van der Waals surface area contributed by atoms with Crippen LogP contribution in [0, 0.1) is 0 Å². The van der Waals surface area contributed by atoms with Gasteiger partial charge in [-0.05, 0) is 6.42 Å². The first-order chi connectivity index (χ1) is 12.8. The molecule has 4 aromatic rings. The summed E-state index contributed by atoms with van der Waals surface area (Å²) in [6, 6.07) is 0. The van der Waals surface area contributed by atoms with Crippen molar-refractivity contribution in [3.05, 3.63) is 31.2 Å². The molecule has 0 unspecified atom stereocenters. The molecular formula is C16H18N10. The van der Waals surface area contributed by atoms with Crippen LogP contribution in [0.25, 0.3) is 16.7 Å². The molecule has 10 nitrogen and oxygen atoms in total. The number of hydrogen-bond donors (Lipinski definition) is 0. The van der Waals surface area contributed by atoms with Crippen molar-refractivity contribution in [3.63, 3.8) is 0 Å². The first-order valence-electron chi connectivity index (χ1n) is 8.58. The molecular weight excluding hydrogens is 332 g/mol. The Balaban J connectivity index is 1.44. The number of fused-ring (bicyclic) bond motifs is 2. The van der Waals surface area contributed by atoms with Gasteiger partial charge in [-0.3, -0.25) is 9.08 Å². The summed E-state index contributed by atoms with van der Waals surface area (Å²) < 4.78 is 3.68. The summed E-state index contributed by atoms with van der Waals surface area (Å²) >= 11 is 0. The number of hydrogen-bond acceptors (Lipinski definition) is 8. The van der Waals surface area contributed by atoms with Gasteiger partial charge in [0.15, 0.2) is 11.5 Å². The van der Waals surface area contributed by atoms with E-state index in [1.54, 1.807) is 23.5 Å². The minimum Gasteiger partial charge on any atom is -0.354 e. The zero-order valence-corrected chi connectivity index (χ0v) is 14.4. The lowest BCUT2D eigenvalue weighted by Crippen LogP contribution is -2.32. The van der Waals surface area contributed by atoms with Crippen molar-refractivity contribution < 1.29 is 0 Å². The minimum atomic E-state index is 0.789. The Kier molecular flexibility index (Phi) is 3.40. The Morgan fingerprint density at radius 2 is 1.77 bits per heavy atom. The largest absolute Gasteiger partial charge is 0.354 e. The maximum absolute atomic E-state index is 4.54. The summed E-state index contributed by atoms with van der Waals surface area (Å²) in [5, 5.41) is 13.5. The zero-order valence-electron chi connectivity index (χ0n) is 14.4. The van der Waals surface area contributed by atoms with E-state index in [9.17, 15) is 0 Å². The second-order valence-corrected chi connectivity index (χ2v) is 6.34. The van der Waals surface area contributed by atoms with E-state index in [2.05, 4.69) is 40.0 Å². The lowest BCUT2D eigenvalue weighted by atomic mass is 10.3. The van der Waals surface area contributed by atoms with Gasteiger partial charge in [0.25, 0.3) is 0 Å². The van der Waals surface area contributed by atoms with E-state index in [1.165, 1.54) is 0 Å². The lowest BCUT2D eigenvalue weighted by molar-refractivity contribution is 0.782. The molecule has 1 aliphatic heterocycles. The van der Waals surface area contributed by atoms with E-state index in [1.807, 2.05) is 23.8 Å². The van der Waals surface area contributed by atoms with Crippen LogP contribution in [0.1, 0.15) is 6.42 Å². The molecule has 0 spiro atoms. The molecule has 26 heavy (non-hydrogen) atoms. The maximum Gasteiger partial charge on any atom is 0.203 e. The van der Waals surface area contributed by atoms with E-state index >= 15 is 0 Å². The van der Waals surface area contributed by atoms with Crippen molar-refractivity contribution >= 4 is 28.3 Å². The molecule has 10 heteroatoms. The first kappa shape index (κ1) is 15.0. The molecule has 0 N–H and O–H groups in total. The highest BCUT2D eigenvalue weighted by molar-refractivity contribution is 5.86. The monoisotopic (exact) mass is 350 g/mol. The third-order valence-corrected chi connectivity index (χ3v) is 4.80. The van der Waals surface area contributed by atoms with Gasteiger partial charge in [-0.2, -0.15) is 5.10 Å². The highest BCUT2D eigenvalue weighted by Gasteiger charge is 2.21. The smallest absolute Gasteiger partial charge is 0.203 e. The van der Waals surface area contributed by atoms with Gasteiger partial charge in [0.2, 0.25) is 5.65 Å². The average Bonchev–Trinajstić information content (AvgIpc) is 3.22. The van der Waals surface area contributed by atoms with Gasteiger partial charge in [0, 0.05) is 45.6 Å². The SMILES string of the molecule is Cn1ncc2c(N3CCCN(c4nccn5cnnc45)CC3)ncnc21. The fraction of sp³-hybridized carbons (Fsp3) is 0.375. The molecule has 0 aliphatic carbocycles. The lowest BCUT2D eigenvalue weighted by Gasteiger charge is -2.23. The van der Waals surface area contributed by atoms with Crippen molar-refractivity contribution in [1.82, 2.24) is 39.3 Å². The fourth-order valence-electron chi connectivity index (χ4n) is 3.51. The second kappa shape index (κ2) is 5.90. The highest BCUT2D eigenvalue weighted by Crippen LogP contribution is 2.24. The van der Waals surface area contributed by atoms with Gasteiger partial charge < -0.3 is 9.80 Å². The van der Waals surface area contributed by atoms with E-state index in [0.29, 0.717) is 0 Å². The molecule has 0 saturated carbocycles. The van der Waals surface area contributed by atoms with Crippen LogP contribution in [0.4, 0.5) is 11.6 Å². The van der Waals surface area contributed by atoms with Crippen molar-refractivity contribution in [2.75, 3.05) is 36.0 Å². The molecule has 5 rings (SSSR count). The summed E-state index contributed by atoms with van der Waals surface area (Å²) in [5.74, 6) is 1.82. The predicted molar refractivity (Wildman–Crippen MR) is 96.1 cm³/mol. The van der Waals surface area contributed by atoms with Crippen molar-refractivity contribution in [1.29, 1.82) is 0 Å². The van der Waals surface area contributed by atoms with Gasteiger partial charge in [-0.25, -0.2) is 15.0 Å². The van der Waals surface area contributed by atoms with E-state index in [4.69, 9.17) is 0 Å². The van der Waals surface area contributed by atoms with Gasteiger partial charge in [-0.15, -0.1) is 10.2 Å². The number of anilines is 2. The zero-order chi connectivity index (χ0) is 17.5. The van der Waals surface area contributed by atoms with Crippen molar-refractivity contribution in [2.45, 2.75) is 6.42 Å². The molecule has 1 saturated heterocycles. The Labute approximate surface area is 149 Å². The summed E-state index contributed by atoms with van der Waals surface area (Å²) in [6.07, 6.45) is 9.81. The molecule has 0 aromatic carbocycles. The van der Waals surface area contributed by atoms with Crippen molar-refractivity contribution in [3.8, 4) is 0 Å². The molecule has 1 fully saturated rings. The van der Waals surface area contributed by atoms with Crippen LogP contribution in [-0.2, 0) is 7.05 Å². The number of aromatic nitrogens is 8. The van der Waals surface area contributed by atoms with E-state index < -0.39 is 0 Å². The molecule has 4 aromatic heterocycles. The third-order valence-electron chi connectivity index (χ3n) is 4.80. The molecule has 1 aliphatic rings. The van der Waals surface area contributed by atoms with Gasteiger partial charge in [0.05, 0.1) is 11.6 Å². The molecule has 5 heterocycles. The maximum atomic E-state index is 4.54. The molecule has 0 amide bonds. The van der Waals surface area contributed by atoms with Gasteiger partial charge in [0.1, 0.15) is 18.5 Å². The van der Waals surface area contributed by atoms with Crippen LogP contribution in [0.5, 0.6) is 0 Å². The third kappa shape index (κ3) is 2.33. The first-order valence-corrected chi connectivity index (χ1v) is 8.58. The molecule has 132 valence electrons. The van der Waals surface area contributed by atoms with Crippen LogP contribution >= 0.6 is 0 Å². The van der Waals surface area contributed by atoms with E-state index in [-0.39, 0.29) is 0 Å². The van der Waals surface area contributed by atoms with Crippen LogP contribution in [0.3, 0.4) is 0 Å². The van der Waals surface area contributed by atoms with Crippen LogP contribution in [-0.4, -0.2) is 65.5 Å². The highest BCUT2D eigenvalue weighted by atomic mass is 15.3. The molecule has 0 atom stereocenters. The summed E-state index contributed by atoms with van der Waals surface area (Å²) in [4.78, 5) is 18.0. The predicted octanol–water partition coefficient (Wildman–Crippen LogP) is 0.518. The van der Waals surface area contributed by atoms with Crippen LogP contribution in [0.2, 0.25) is 0 Å². The Morgan fingerprint density at radius 3 is 2.65 bits per heavy atom. The van der Waals surface area contributed by atoms with Crippen molar-refractivity contribution in [2.24, 2.45) is 7.05 Å². The summed E-state index contributed by atoms with van der Waals surface area (Å²) in [7, 11) is 1.90. The minimum absolute atomic E-state index is 0.789. The summed E-state index contributed by atoms with van der Waals surface area (Å²) in [5.41, 5.74) is 1.64. The molecule has 0 radical (unpaired) electrons. The standard InChI is InChI=1S/C16H18N10/c1-23-13-12(9-21-23)14(19-10-18-13)24-4-2-5-25(8-7-24)15-16-22-20-11-26(16)6-3-17-15/h3,6,9-11H,2,4-5,7-8H2,1H3. The van der Waals surface area contributed by atoms with Crippen LogP contribution < -0.4 is 9.80 Å². The fourth-order valence-corrected chi connectivity index (χ4v) is 3.51. The normalized spacial score (nSPS) is 15.7. The Morgan fingerprint density at radius 1 is 0.923 bits per heavy atom. The van der Waals surface area contributed by atoms with Gasteiger partial charge in [-0.1, -0.05) is 0 Å². The average molecular weight is 350 g/mol. The Hall–Kier alpha value is -3.30. The van der Waals surface area contributed by atoms with Gasteiger partial charge >= 0.3 is 0 Å². The quantitative estimate of drug-likeness (QED) is 0.516. The molecule has 0 bridgehead atoms. The number of nitrogens with zero attached hydrogens (tertiary/aromatic N) is 10. The summed E-state index contributed by atoms with van der Waals surface area (Å²) in [6.45, 7) is 3.52. The number of rotatable bonds is 2. The number of aryl methyl sites for hydroxylation is 1. The topological polar surface area (TPSA) is 93.2 Å². The van der Waals surface area contributed by atoms with Crippen LogP contribution in [0.15, 0.2) is 31.2 Å². The van der Waals surface area contributed by atoms with E-state index in [0.717, 1.165) is 60.9 Å². The Bertz CT molecular complexity index is 1070. The second-order valence-electron chi connectivity index (χ2n) is 6.34.